The predicted molar refractivity (Wildman–Crippen MR) is 7.97 cm³/mol. The summed E-state index contributed by atoms with van der Waals surface area (Å²) < 4.78 is 19.1. The van der Waals surface area contributed by atoms with Crippen molar-refractivity contribution in [1.29, 1.82) is 0 Å². The van der Waals surface area contributed by atoms with Crippen LogP contribution in [0.2, 0.25) is 0 Å². The fourth-order valence-corrected chi connectivity index (χ4v) is 0. The Bertz CT molecular complexity index is 6.00. The third-order valence-electron chi connectivity index (χ3n) is 0. The second-order valence-electron chi connectivity index (χ2n) is 0.0431. The van der Waals surface area contributed by atoms with Crippen LogP contribution >= 0.6 is 0 Å². The molecule has 0 fully saturated rings. The van der Waals surface area contributed by atoms with Crippen molar-refractivity contribution in [1.82, 2.24) is 0 Å². The van der Waals surface area contributed by atoms with E-state index in [0.717, 1.165) is 0 Å². The van der Waals surface area contributed by atoms with E-state index in [1.54, 1.807) is 0 Å². The Hall–Kier alpha value is 0.899. The second kappa shape index (κ2) is 9.09. The van der Waals surface area contributed by atoms with E-state index in [-0.39, 0.29) is 17.1 Å². The van der Waals surface area contributed by atoms with Gasteiger partial charge in [0.05, 0.1) is 0 Å². The number of hydrogen-bond acceptors (Lipinski definition) is 0. The summed E-state index contributed by atoms with van der Waals surface area (Å²) in [6.07, 6.45) is 0. The van der Waals surface area contributed by atoms with Gasteiger partial charge in [0.2, 0.25) is 0 Å². The van der Waals surface area contributed by atoms with Crippen LogP contribution in [0.3, 0.4) is 0 Å². The maximum absolute atomic E-state index is 9.53. The Morgan fingerprint density at radius 2 is 1.25 bits per heavy atom. The largest absolute Gasteiger partial charge is 0 e. The molecule has 0 N–H and O–H groups in total. The summed E-state index contributed by atoms with van der Waals surface area (Å²) in [5, 5.41) is 0. The molecule has 0 atom stereocenters. The van der Waals surface area contributed by atoms with Crippen LogP contribution in [0.5, 0.6) is 0 Å². The van der Waals surface area contributed by atoms with Gasteiger partial charge in [0, 0.05) is 17.1 Å². The summed E-state index contributed by atoms with van der Waals surface area (Å²) in [6.45, 7) is 0. The molecule has 0 aliphatic heterocycles. The molecule has 0 amide bonds. The summed E-state index contributed by atoms with van der Waals surface area (Å²) in [6, 6.07) is 0. The normalized spacial score (nSPS) is 5.50. The minimum atomic E-state index is -1.19. The standard InChI is InChI=1S/Cu.2FH.Se/h;2*1H;/q+2;;;/p-2. The Balaban J connectivity index is 0. The third-order valence-corrected chi connectivity index (χ3v) is 0. The third kappa shape index (κ3) is 12.9. The summed E-state index contributed by atoms with van der Waals surface area (Å²) in [5.41, 5.74) is 0. The second-order valence-corrected chi connectivity index (χ2v) is 0.178. The van der Waals surface area contributed by atoms with Crippen molar-refractivity contribution in [3.05, 3.63) is 0 Å². The van der Waals surface area contributed by atoms with Crippen molar-refractivity contribution in [2.24, 2.45) is 0 Å². The van der Waals surface area contributed by atoms with E-state index >= 15 is 0 Å². The summed E-state index contributed by atoms with van der Waals surface area (Å²) in [7, 11) is 0. The maximum Gasteiger partial charge on any atom is 0 e. The van der Waals surface area contributed by atoms with Gasteiger partial charge in [0.1, 0.15) is 0 Å². The van der Waals surface area contributed by atoms with E-state index in [0.29, 0.717) is 0 Å². The van der Waals surface area contributed by atoms with Crippen molar-refractivity contribution in [3.63, 3.8) is 0 Å². The van der Waals surface area contributed by atoms with Gasteiger partial charge in [-0.1, -0.05) is 0 Å². The zero-order chi connectivity index (χ0) is 2.71. The Kier molecular flexibility index (Phi) is 20.1. The molecule has 0 aromatic carbocycles. The van der Waals surface area contributed by atoms with Gasteiger partial charge in [-0.15, -0.1) is 0 Å². The van der Waals surface area contributed by atoms with E-state index in [2.05, 4.69) is 0 Å². The molecule has 0 nitrogen and oxygen atoms in total. The molecule has 31 valence electrons. The van der Waals surface area contributed by atoms with Gasteiger partial charge in [0.25, 0.3) is 0 Å². The van der Waals surface area contributed by atoms with Gasteiger partial charge in [-0.05, 0) is 0 Å². The first-order chi connectivity index (χ1) is 1.41. The van der Waals surface area contributed by atoms with E-state index in [1.165, 1.54) is 0 Å². The predicted octanol–water partition coefficient (Wildman–Crippen LogP) is 0.457. The van der Waals surface area contributed by atoms with E-state index in [9.17, 15) is 7.10 Å². The van der Waals surface area contributed by atoms with Crippen molar-refractivity contribution in [2.45, 2.75) is 0 Å². The average Bonchev–Trinajstić information content (AvgIpc) is 0.918. The number of halogens is 2. The topological polar surface area (TPSA) is 0 Å². The summed E-state index contributed by atoms with van der Waals surface area (Å²) in [5.74, 6) is 0. The van der Waals surface area contributed by atoms with Crippen LogP contribution in [-0.4, -0.2) is 17.1 Å². The summed E-state index contributed by atoms with van der Waals surface area (Å²) >= 11 is -1.19. The van der Waals surface area contributed by atoms with Gasteiger partial charge < -0.3 is 0 Å². The number of hydrogen-bond donors (Lipinski definition) is 0. The smallest absolute Gasteiger partial charge is 0 e. The molecule has 4 heavy (non-hydrogen) atoms. The minimum Gasteiger partial charge on any atom is 0 e. The van der Waals surface area contributed by atoms with Crippen molar-refractivity contribution in [3.8, 4) is 0 Å². The Morgan fingerprint density at radius 3 is 1.25 bits per heavy atom. The molecule has 0 aromatic rings. The molecular weight excluding hydrogens is 181 g/mol. The van der Waals surface area contributed by atoms with Gasteiger partial charge in [-0.2, -0.15) is 0 Å². The van der Waals surface area contributed by atoms with E-state index in [1.807, 2.05) is 0 Å². The van der Waals surface area contributed by atoms with E-state index in [4.69, 9.17) is 0 Å². The van der Waals surface area contributed by atoms with Crippen LogP contribution in [0.1, 0.15) is 0 Å². The minimum absolute atomic E-state index is 0. The molecule has 0 rings (SSSR count). The molecule has 0 bridgehead atoms. The first kappa shape index (κ1) is 8.86. The molecule has 4 heteroatoms. The maximum atomic E-state index is 9.53. The molecule has 0 spiro atoms. The quantitative estimate of drug-likeness (QED) is 0.475. The molecule has 0 aliphatic rings. The zero-order valence-corrected chi connectivity index (χ0v) is 4.12. The molecule has 0 aromatic heterocycles. The Labute approximate surface area is 40.5 Å². The van der Waals surface area contributed by atoms with Gasteiger partial charge >= 0.3 is 23.0 Å². The van der Waals surface area contributed by atoms with Crippen LogP contribution in [0, 0.1) is 0 Å². The fraction of sp³-hybridized carbons (Fsp3) is 0. The van der Waals surface area contributed by atoms with Crippen LogP contribution < -0.4 is 0 Å². The zero-order valence-electron chi connectivity index (χ0n) is 1.47. The van der Waals surface area contributed by atoms with Crippen LogP contribution in [-0.2, 0) is 15.9 Å². The Morgan fingerprint density at radius 1 is 1.25 bits per heavy atom. The van der Waals surface area contributed by atoms with Gasteiger partial charge in [0.15, 0.2) is 0 Å². The fourth-order valence-electron chi connectivity index (χ4n) is 0. The first-order valence-electron chi connectivity index (χ1n) is 0.228. The molecule has 0 heterocycles. The van der Waals surface area contributed by atoms with Crippen molar-refractivity contribution < 1.29 is 23.0 Å². The van der Waals surface area contributed by atoms with Crippen LogP contribution in [0.4, 0.5) is 7.10 Å². The molecule has 0 aliphatic carbocycles. The molecule has 0 saturated carbocycles. The monoisotopic (exact) mass is 181 g/mol. The SMILES string of the molecule is [F][Cu][F].[Se]. The molecule has 0 unspecified atom stereocenters. The molecular formula is CuF2Se. The van der Waals surface area contributed by atoms with Gasteiger partial charge in [-0.3, -0.25) is 0 Å². The van der Waals surface area contributed by atoms with Crippen LogP contribution in [0.25, 0.3) is 0 Å². The number of rotatable bonds is 0. The average molecular weight is 181 g/mol. The van der Waals surface area contributed by atoms with Crippen molar-refractivity contribution in [2.75, 3.05) is 0 Å². The summed E-state index contributed by atoms with van der Waals surface area (Å²) in [4.78, 5) is 0. The molecule has 0 saturated heterocycles. The van der Waals surface area contributed by atoms with Crippen LogP contribution in [0.15, 0.2) is 0 Å². The van der Waals surface area contributed by atoms with Crippen molar-refractivity contribution >= 4 is 17.1 Å². The van der Waals surface area contributed by atoms with Gasteiger partial charge in [-0.25, -0.2) is 0 Å². The first-order valence-corrected chi connectivity index (χ1v) is 0.940. The molecule has 2 radical (unpaired) electrons. The van der Waals surface area contributed by atoms with E-state index < -0.39 is 15.9 Å².